The van der Waals surface area contributed by atoms with E-state index in [-0.39, 0.29) is 6.04 Å². The Hall–Kier alpha value is -0.650. The lowest BCUT2D eigenvalue weighted by Crippen LogP contribution is -2.11. The number of thiazole rings is 1. The van der Waals surface area contributed by atoms with Crippen molar-refractivity contribution in [3.05, 3.63) is 38.6 Å². The lowest BCUT2D eigenvalue weighted by Gasteiger charge is -2.07. The van der Waals surface area contributed by atoms with Crippen LogP contribution in [0.2, 0.25) is 0 Å². The van der Waals surface area contributed by atoms with Gasteiger partial charge in [0.15, 0.2) is 0 Å². The van der Waals surface area contributed by atoms with Crippen molar-refractivity contribution in [2.45, 2.75) is 13.0 Å². The lowest BCUT2D eigenvalue weighted by molar-refractivity contribution is 0.489. The predicted octanol–water partition coefficient (Wildman–Crippen LogP) is 2.86. The minimum Gasteiger partial charge on any atom is -0.466 e. The van der Waals surface area contributed by atoms with Crippen LogP contribution < -0.4 is 5.73 Å². The normalized spacial score (nSPS) is 13.1. The van der Waals surface area contributed by atoms with E-state index in [0.29, 0.717) is 0 Å². The summed E-state index contributed by atoms with van der Waals surface area (Å²) in [4.78, 5) is 5.20. The van der Waals surface area contributed by atoms with Crippen LogP contribution >= 0.6 is 27.3 Å². The number of nitrogens with two attached hydrogens (primary N) is 1. The van der Waals surface area contributed by atoms with E-state index in [4.69, 9.17) is 10.2 Å². The Balaban J connectivity index is 2.38. The minimum atomic E-state index is -0.230. The van der Waals surface area contributed by atoms with Crippen molar-refractivity contribution in [1.82, 2.24) is 4.98 Å². The summed E-state index contributed by atoms with van der Waals surface area (Å²) >= 11 is 4.94. The van der Waals surface area contributed by atoms with E-state index in [1.807, 2.05) is 13.0 Å². The van der Waals surface area contributed by atoms with Gasteiger partial charge in [-0.2, -0.15) is 0 Å². The van der Waals surface area contributed by atoms with Gasteiger partial charge in [0.1, 0.15) is 11.8 Å². The maximum Gasteiger partial charge on any atom is 0.140 e. The summed E-state index contributed by atoms with van der Waals surface area (Å²) in [5, 5.41) is 0. The van der Waals surface area contributed by atoms with Crippen LogP contribution in [0.25, 0.3) is 0 Å². The quantitative estimate of drug-likeness (QED) is 0.915. The van der Waals surface area contributed by atoms with Gasteiger partial charge < -0.3 is 10.2 Å². The summed E-state index contributed by atoms with van der Waals surface area (Å²) in [5.41, 5.74) is 8.81. The van der Waals surface area contributed by atoms with Crippen LogP contribution in [0.3, 0.4) is 0 Å². The first kappa shape index (κ1) is 9.89. The van der Waals surface area contributed by atoms with Gasteiger partial charge in [0, 0.05) is 0 Å². The SMILES string of the molecule is Cc1ncsc1C(N)c1occc1Br. The Morgan fingerprint density at radius 1 is 1.64 bits per heavy atom. The molecule has 2 rings (SSSR count). The molecular weight excluding hydrogens is 264 g/mol. The number of aromatic nitrogens is 1. The van der Waals surface area contributed by atoms with Gasteiger partial charge in [-0.25, -0.2) is 4.98 Å². The second kappa shape index (κ2) is 3.84. The molecule has 2 aromatic heterocycles. The molecule has 5 heteroatoms. The Kier molecular flexibility index (Phi) is 2.71. The molecule has 3 nitrogen and oxygen atoms in total. The first-order chi connectivity index (χ1) is 6.70. The summed E-state index contributed by atoms with van der Waals surface area (Å²) in [7, 11) is 0. The number of hydrogen-bond acceptors (Lipinski definition) is 4. The molecule has 74 valence electrons. The number of hydrogen-bond donors (Lipinski definition) is 1. The highest BCUT2D eigenvalue weighted by Gasteiger charge is 2.19. The maximum atomic E-state index is 6.05. The van der Waals surface area contributed by atoms with Crippen molar-refractivity contribution in [2.24, 2.45) is 5.73 Å². The zero-order valence-corrected chi connectivity index (χ0v) is 9.93. The fourth-order valence-corrected chi connectivity index (χ4v) is 2.51. The molecule has 1 atom stereocenters. The third kappa shape index (κ3) is 1.63. The molecule has 2 heterocycles. The molecule has 0 aromatic carbocycles. The smallest absolute Gasteiger partial charge is 0.140 e. The van der Waals surface area contributed by atoms with Gasteiger partial charge in [0.05, 0.1) is 26.8 Å². The van der Waals surface area contributed by atoms with Gasteiger partial charge in [-0.15, -0.1) is 11.3 Å². The van der Waals surface area contributed by atoms with Crippen LogP contribution in [0.4, 0.5) is 0 Å². The zero-order chi connectivity index (χ0) is 10.1. The molecule has 0 amide bonds. The third-order valence-electron chi connectivity index (χ3n) is 1.99. The monoisotopic (exact) mass is 272 g/mol. The van der Waals surface area contributed by atoms with Crippen molar-refractivity contribution in [2.75, 3.05) is 0 Å². The molecule has 0 saturated heterocycles. The number of furan rings is 1. The van der Waals surface area contributed by atoms with E-state index in [9.17, 15) is 0 Å². The van der Waals surface area contributed by atoms with E-state index in [2.05, 4.69) is 20.9 Å². The van der Waals surface area contributed by atoms with Gasteiger partial charge in [0.25, 0.3) is 0 Å². The average Bonchev–Trinajstić information content (AvgIpc) is 2.73. The van der Waals surface area contributed by atoms with Gasteiger partial charge >= 0.3 is 0 Å². The molecule has 0 aliphatic heterocycles. The van der Waals surface area contributed by atoms with E-state index in [0.717, 1.165) is 20.8 Å². The second-order valence-corrected chi connectivity index (χ2v) is 4.65. The summed E-state index contributed by atoms with van der Waals surface area (Å²) in [6.45, 7) is 1.95. The van der Waals surface area contributed by atoms with Crippen LogP contribution in [0.5, 0.6) is 0 Å². The summed E-state index contributed by atoms with van der Waals surface area (Å²) < 4.78 is 6.21. The van der Waals surface area contributed by atoms with Gasteiger partial charge in [-0.1, -0.05) is 0 Å². The Bertz CT molecular complexity index is 397. The van der Waals surface area contributed by atoms with Gasteiger partial charge in [0.2, 0.25) is 0 Å². The summed E-state index contributed by atoms with van der Waals surface area (Å²) in [6, 6.07) is 1.61. The fraction of sp³-hybridized carbons (Fsp3) is 0.222. The molecule has 0 fully saturated rings. The Morgan fingerprint density at radius 3 is 2.93 bits per heavy atom. The molecule has 0 saturated carbocycles. The molecule has 0 aliphatic rings. The van der Waals surface area contributed by atoms with Crippen molar-refractivity contribution in [1.29, 1.82) is 0 Å². The van der Waals surface area contributed by atoms with Crippen molar-refractivity contribution in [3.63, 3.8) is 0 Å². The molecule has 2 aromatic rings. The van der Waals surface area contributed by atoms with Gasteiger partial charge in [-0.05, 0) is 28.9 Å². The molecule has 14 heavy (non-hydrogen) atoms. The van der Waals surface area contributed by atoms with Crippen molar-refractivity contribution in [3.8, 4) is 0 Å². The highest BCUT2D eigenvalue weighted by atomic mass is 79.9. The first-order valence-electron chi connectivity index (χ1n) is 4.08. The summed E-state index contributed by atoms with van der Waals surface area (Å²) in [6.07, 6.45) is 1.62. The highest BCUT2D eigenvalue weighted by molar-refractivity contribution is 9.10. The fourth-order valence-electron chi connectivity index (χ4n) is 1.26. The first-order valence-corrected chi connectivity index (χ1v) is 5.76. The number of aryl methyl sites for hydroxylation is 1. The number of nitrogens with zero attached hydrogens (tertiary/aromatic N) is 1. The van der Waals surface area contributed by atoms with Crippen LogP contribution in [0, 0.1) is 6.92 Å². The third-order valence-corrected chi connectivity index (χ3v) is 3.66. The Labute approximate surface area is 94.1 Å². The number of rotatable bonds is 2. The molecule has 1 unspecified atom stereocenters. The molecule has 0 bridgehead atoms. The van der Waals surface area contributed by atoms with Crippen molar-refractivity contribution < 1.29 is 4.42 Å². The molecular formula is C9H9BrN2OS. The van der Waals surface area contributed by atoms with E-state index in [1.54, 1.807) is 23.1 Å². The Morgan fingerprint density at radius 2 is 2.43 bits per heavy atom. The number of halogens is 1. The van der Waals surface area contributed by atoms with Crippen LogP contribution in [0.15, 0.2) is 26.7 Å². The standard InChI is InChI=1S/C9H9BrN2OS/c1-5-9(14-4-12-5)7(11)8-6(10)2-3-13-8/h2-4,7H,11H2,1H3. The predicted molar refractivity (Wildman–Crippen MR) is 59.3 cm³/mol. The van der Waals surface area contributed by atoms with Crippen molar-refractivity contribution >= 4 is 27.3 Å². The minimum absolute atomic E-state index is 0.230. The van der Waals surface area contributed by atoms with E-state index in [1.165, 1.54) is 0 Å². The summed E-state index contributed by atoms with van der Waals surface area (Å²) in [5.74, 6) is 0.748. The maximum absolute atomic E-state index is 6.05. The van der Waals surface area contributed by atoms with Gasteiger partial charge in [-0.3, -0.25) is 0 Å². The lowest BCUT2D eigenvalue weighted by atomic mass is 10.2. The highest BCUT2D eigenvalue weighted by Crippen LogP contribution is 2.30. The zero-order valence-electron chi connectivity index (χ0n) is 7.53. The molecule has 0 aliphatic carbocycles. The van der Waals surface area contributed by atoms with Crippen LogP contribution in [-0.2, 0) is 0 Å². The molecule has 2 N–H and O–H groups in total. The van der Waals surface area contributed by atoms with Crippen LogP contribution in [-0.4, -0.2) is 4.98 Å². The topological polar surface area (TPSA) is 52.0 Å². The van der Waals surface area contributed by atoms with E-state index < -0.39 is 0 Å². The molecule has 0 spiro atoms. The van der Waals surface area contributed by atoms with Crippen LogP contribution in [0.1, 0.15) is 22.4 Å². The van der Waals surface area contributed by atoms with E-state index >= 15 is 0 Å². The molecule has 0 radical (unpaired) electrons. The average molecular weight is 273 g/mol. The largest absolute Gasteiger partial charge is 0.466 e. The second-order valence-electron chi connectivity index (χ2n) is 2.91.